The maximum absolute atomic E-state index is 9.74. The number of aromatic amines is 1. The second-order valence-corrected chi connectivity index (χ2v) is 11.0. The van der Waals surface area contributed by atoms with Crippen LogP contribution in [0.1, 0.15) is 43.4 Å². The van der Waals surface area contributed by atoms with Gasteiger partial charge in [-0.1, -0.05) is 41.9 Å². The molecule has 0 radical (unpaired) electrons. The second-order valence-electron chi connectivity index (χ2n) is 10.6. The fourth-order valence-corrected chi connectivity index (χ4v) is 5.77. The van der Waals surface area contributed by atoms with Crippen LogP contribution in [0.15, 0.2) is 79.1 Å². The fourth-order valence-electron chi connectivity index (χ4n) is 5.60. The van der Waals surface area contributed by atoms with Crippen LogP contribution in [0.2, 0.25) is 5.02 Å². The van der Waals surface area contributed by atoms with Gasteiger partial charge in [0, 0.05) is 33.7 Å². The third kappa shape index (κ3) is 4.32. The van der Waals surface area contributed by atoms with E-state index in [1.54, 1.807) is 18.2 Å². The number of halogens is 1. The van der Waals surface area contributed by atoms with E-state index in [0.717, 1.165) is 51.8 Å². The SMILES string of the molecule is CC(C)(CCCc1ccc2c(c1)c1cc(Cl)ccc1c1nc(-c3c(C#N)cccc3C#N)[nH]c21)n1cccc1. The van der Waals surface area contributed by atoms with Crippen molar-refractivity contribution in [2.24, 2.45) is 0 Å². The smallest absolute Gasteiger partial charge is 0.141 e. The molecule has 5 nitrogen and oxygen atoms in total. The molecule has 0 saturated carbocycles. The van der Waals surface area contributed by atoms with Gasteiger partial charge in [0.2, 0.25) is 0 Å². The summed E-state index contributed by atoms with van der Waals surface area (Å²) >= 11 is 6.47. The molecule has 2 heterocycles. The molecule has 39 heavy (non-hydrogen) atoms. The number of benzene rings is 4. The van der Waals surface area contributed by atoms with Crippen LogP contribution in [0, 0.1) is 22.7 Å². The van der Waals surface area contributed by atoms with Crippen LogP contribution in [0.25, 0.3) is 44.0 Å². The van der Waals surface area contributed by atoms with Gasteiger partial charge in [0.15, 0.2) is 0 Å². The molecule has 6 rings (SSSR count). The number of nitrogens with one attached hydrogen (secondary N) is 1. The molecule has 2 aromatic heterocycles. The summed E-state index contributed by atoms with van der Waals surface area (Å²) in [6.07, 6.45) is 7.35. The molecule has 6 aromatic rings. The van der Waals surface area contributed by atoms with Gasteiger partial charge < -0.3 is 9.55 Å². The second kappa shape index (κ2) is 9.62. The lowest BCUT2D eigenvalue weighted by Gasteiger charge is -2.27. The van der Waals surface area contributed by atoms with Crippen LogP contribution in [0.5, 0.6) is 0 Å². The average Bonchev–Trinajstić information content (AvgIpc) is 3.64. The van der Waals surface area contributed by atoms with Crippen molar-refractivity contribution >= 4 is 44.2 Å². The minimum Gasteiger partial charge on any atom is -0.349 e. The molecule has 0 fully saturated rings. The van der Waals surface area contributed by atoms with Crippen LogP contribution in [-0.4, -0.2) is 14.5 Å². The zero-order valence-corrected chi connectivity index (χ0v) is 22.5. The molecule has 0 spiro atoms. The maximum Gasteiger partial charge on any atom is 0.141 e. The molecular weight excluding hydrogens is 502 g/mol. The van der Waals surface area contributed by atoms with Crippen molar-refractivity contribution in [3.63, 3.8) is 0 Å². The lowest BCUT2D eigenvalue weighted by atomic mass is 9.93. The van der Waals surface area contributed by atoms with Gasteiger partial charge in [-0.25, -0.2) is 4.98 Å². The number of hydrogen-bond acceptors (Lipinski definition) is 3. The summed E-state index contributed by atoms with van der Waals surface area (Å²) in [5.74, 6) is 0.513. The molecular formula is C33H26ClN5. The normalized spacial score (nSPS) is 11.7. The summed E-state index contributed by atoms with van der Waals surface area (Å²) in [7, 11) is 0. The van der Waals surface area contributed by atoms with Crippen LogP contribution < -0.4 is 0 Å². The highest BCUT2D eigenvalue weighted by molar-refractivity contribution is 6.33. The quantitative estimate of drug-likeness (QED) is 0.220. The first-order valence-electron chi connectivity index (χ1n) is 13.0. The highest BCUT2D eigenvalue weighted by Gasteiger charge is 2.20. The zero-order chi connectivity index (χ0) is 27.1. The first-order valence-corrected chi connectivity index (χ1v) is 13.4. The summed E-state index contributed by atoms with van der Waals surface area (Å²) < 4.78 is 2.28. The molecule has 0 amide bonds. The summed E-state index contributed by atoms with van der Waals surface area (Å²) in [5.41, 5.74) is 4.35. The van der Waals surface area contributed by atoms with E-state index in [-0.39, 0.29) is 5.54 Å². The number of rotatable bonds is 6. The van der Waals surface area contributed by atoms with E-state index in [9.17, 15) is 10.5 Å². The topological polar surface area (TPSA) is 81.2 Å². The largest absolute Gasteiger partial charge is 0.349 e. The summed E-state index contributed by atoms with van der Waals surface area (Å²) in [4.78, 5) is 8.39. The van der Waals surface area contributed by atoms with Crippen molar-refractivity contribution in [3.8, 4) is 23.5 Å². The predicted molar refractivity (Wildman–Crippen MR) is 158 cm³/mol. The Bertz CT molecular complexity index is 1920. The molecule has 0 aliphatic rings. The Labute approximate surface area is 231 Å². The van der Waals surface area contributed by atoms with E-state index in [1.165, 1.54) is 5.56 Å². The lowest BCUT2D eigenvalue weighted by molar-refractivity contribution is 0.320. The summed E-state index contributed by atoms with van der Waals surface area (Å²) in [6.45, 7) is 4.55. The Morgan fingerprint density at radius 1 is 0.872 bits per heavy atom. The minimum atomic E-state index is 0.0566. The number of H-pyrrole nitrogens is 1. The molecule has 0 saturated heterocycles. The molecule has 0 bridgehead atoms. The third-order valence-electron chi connectivity index (χ3n) is 7.68. The Hall–Kier alpha value is -4.58. The van der Waals surface area contributed by atoms with Crippen LogP contribution in [-0.2, 0) is 12.0 Å². The van der Waals surface area contributed by atoms with E-state index in [0.29, 0.717) is 27.5 Å². The standard InChI is InChI=1S/C33H26ClN5/c1-33(2,39-15-3-4-16-39)14-6-7-21-10-12-25-27(17-21)28-18-24(34)11-13-26(28)31-30(25)37-32(38-31)29-22(19-35)8-5-9-23(29)20-36/h3-5,8-13,15-18H,6-7,14H2,1-2H3,(H,37,38). The molecule has 190 valence electrons. The van der Waals surface area contributed by atoms with E-state index in [1.807, 2.05) is 18.2 Å². The van der Waals surface area contributed by atoms with Crippen LogP contribution >= 0.6 is 11.6 Å². The predicted octanol–water partition coefficient (Wildman–Crippen LogP) is 8.49. The van der Waals surface area contributed by atoms with Gasteiger partial charge in [0.05, 0.1) is 39.9 Å². The number of imidazole rings is 1. The van der Waals surface area contributed by atoms with E-state index < -0.39 is 0 Å². The van der Waals surface area contributed by atoms with Gasteiger partial charge in [-0.3, -0.25) is 0 Å². The molecule has 6 heteroatoms. The molecule has 0 aliphatic carbocycles. The molecule has 4 aromatic carbocycles. The maximum atomic E-state index is 9.74. The Balaban J connectivity index is 1.47. The fraction of sp³-hybridized carbons (Fsp3) is 0.182. The lowest BCUT2D eigenvalue weighted by Crippen LogP contribution is -2.24. The van der Waals surface area contributed by atoms with Gasteiger partial charge >= 0.3 is 0 Å². The Kier molecular flexibility index (Phi) is 6.10. The Morgan fingerprint density at radius 3 is 2.28 bits per heavy atom. The minimum absolute atomic E-state index is 0.0566. The number of hydrogen-bond donors (Lipinski definition) is 1. The van der Waals surface area contributed by atoms with Crippen molar-refractivity contribution in [1.29, 1.82) is 10.5 Å². The van der Waals surface area contributed by atoms with Crippen molar-refractivity contribution < 1.29 is 0 Å². The van der Waals surface area contributed by atoms with Crippen molar-refractivity contribution in [2.45, 2.75) is 38.6 Å². The highest BCUT2D eigenvalue weighted by Crippen LogP contribution is 2.38. The zero-order valence-electron chi connectivity index (χ0n) is 21.8. The summed E-state index contributed by atoms with van der Waals surface area (Å²) in [6, 6.07) is 26.2. The van der Waals surface area contributed by atoms with Crippen molar-refractivity contribution in [3.05, 3.63) is 101 Å². The number of fused-ring (bicyclic) bond motifs is 6. The summed E-state index contributed by atoms with van der Waals surface area (Å²) in [5, 5.41) is 24.3. The van der Waals surface area contributed by atoms with Gasteiger partial charge in [-0.15, -0.1) is 0 Å². The van der Waals surface area contributed by atoms with Gasteiger partial charge in [-0.05, 0) is 85.8 Å². The highest BCUT2D eigenvalue weighted by atomic mass is 35.5. The van der Waals surface area contributed by atoms with E-state index in [2.05, 4.69) is 78.3 Å². The number of nitrogens with zero attached hydrogens (tertiary/aromatic N) is 4. The van der Waals surface area contributed by atoms with E-state index >= 15 is 0 Å². The van der Waals surface area contributed by atoms with Crippen LogP contribution in [0.3, 0.4) is 0 Å². The van der Waals surface area contributed by atoms with Gasteiger partial charge in [0.1, 0.15) is 5.82 Å². The average molecular weight is 528 g/mol. The molecule has 0 unspecified atom stereocenters. The van der Waals surface area contributed by atoms with Crippen LogP contribution in [0.4, 0.5) is 0 Å². The molecule has 0 atom stereocenters. The Morgan fingerprint density at radius 2 is 1.56 bits per heavy atom. The number of nitriles is 2. The first kappa shape index (κ1) is 24.7. The number of aryl methyl sites for hydroxylation is 1. The third-order valence-corrected chi connectivity index (χ3v) is 7.92. The first-order chi connectivity index (χ1) is 18.9. The van der Waals surface area contributed by atoms with Crippen molar-refractivity contribution in [2.75, 3.05) is 0 Å². The monoisotopic (exact) mass is 527 g/mol. The van der Waals surface area contributed by atoms with Crippen molar-refractivity contribution in [1.82, 2.24) is 14.5 Å². The number of aromatic nitrogens is 3. The van der Waals surface area contributed by atoms with Gasteiger partial charge in [-0.2, -0.15) is 10.5 Å². The molecule has 0 aliphatic heterocycles. The molecule has 1 N–H and O–H groups in total. The van der Waals surface area contributed by atoms with Gasteiger partial charge in [0.25, 0.3) is 0 Å². The van der Waals surface area contributed by atoms with E-state index in [4.69, 9.17) is 16.6 Å².